The van der Waals surface area contributed by atoms with Crippen LogP contribution in [-0.2, 0) is 4.79 Å². The van der Waals surface area contributed by atoms with Crippen LogP contribution >= 0.6 is 0 Å². The Morgan fingerprint density at radius 3 is 2.86 bits per heavy atom. The van der Waals surface area contributed by atoms with E-state index in [1.165, 1.54) is 6.33 Å². The molecule has 0 N–H and O–H groups in total. The molecule has 0 radical (unpaired) electrons. The highest BCUT2D eigenvalue weighted by Crippen LogP contribution is 2.24. The first-order valence-electron chi connectivity index (χ1n) is 7.72. The van der Waals surface area contributed by atoms with Gasteiger partial charge in [-0.1, -0.05) is 0 Å². The maximum Gasteiger partial charge on any atom is 0.247 e. The Kier molecular flexibility index (Phi) is 3.96. The zero-order valence-electron chi connectivity index (χ0n) is 13.3. The molecule has 1 amide bonds. The van der Waals surface area contributed by atoms with E-state index in [1.807, 2.05) is 18.7 Å². The van der Waals surface area contributed by atoms with Crippen molar-refractivity contribution in [1.29, 1.82) is 0 Å². The topological polar surface area (TPSA) is 68.8 Å². The van der Waals surface area contributed by atoms with Crippen LogP contribution in [0.3, 0.4) is 0 Å². The number of aromatic nitrogens is 5. The van der Waals surface area contributed by atoms with E-state index in [1.54, 1.807) is 11.0 Å². The van der Waals surface area contributed by atoms with Crippen LogP contribution < -0.4 is 0 Å². The van der Waals surface area contributed by atoms with Gasteiger partial charge in [-0.05, 0) is 39.7 Å². The van der Waals surface area contributed by atoms with Gasteiger partial charge in [-0.25, -0.2) is 9.67 Å². The van der Waals surface area contributed by atoms with Crippen LogP contribution in [0.1, 0.15) is 43.2 Å². The predicted octanol–water partition coefficient (Wildman–Crippen LogP) is 1.52. The molecule has 3 rings (SSSR count). The molecule has 1 aliphatic heterocycles. The number of piperidine rings is 1. The van der Waals surface area contributed by atoms with Crippen molar-refractivity contribution in [3.63, 3.8) is 0 Å². The van der Waals surface area contributed by atoms with Gasteiger partial charge in [0.05, 0.1) is 11.7 Å². The Morgan fingerprint density at radius 2 is 2.23 bits per heavy atom. The molecular weight excluding hydrogens is 280 g/mol. The van der Waals surface area contributed by atoms with E-state index >= 15 is 0 Å². The molecule has 0 aromatic carbocycles. The number of likely N-dealkylation sites (tertiary alicyclic amines) is 1. The van der Waals surface area contributed by atoms with Crippen LogP contribution in [0.4, 0.5) is 0 Å². The normalized spacial score (nSPS) is 20.1. The molecule has 2 atom stereocenters. The third-order valence-electron chi connectivity index (χ3n) is 4.29. The molecule has 1 saturated heterocycles. The minimum atomic E-state index is -0.318. The molecule has 22 heavy (non-hydrogen) atoms. The SMILES string of the molecule is Cc1cc(C)n([C@H]2CCCN(C(=O)[C@@H](C)n3cncn3)C2)n1. The minimum absolute atomic E-state index is 0.0942. The van der Waals surface area contributed by atoms with Crippen molar-refractivity contribution in [3.8, 4) is 0 Å². The number of carbonyl (C=O) groups excluding carboxylic acids is 1. The molecule has 3 heterocycles. The molecule has 1 fully saturated rings. The Labute approximate surface area is 129 Å². The average Bonchev–Trinajstić information content (AvgIpc) is 3.15. The molecular formula is C15H22N6O. The summed E-state index contributed by atoms with van der Waals surface area (Å²) in [5.74, 6) is 0.0942. The van der Waals surface area contributed by atoms with Crippen LogP contribution in [0.15, 0.2) is 18.7 Å². The van der Waals surface area contributed by atoms with Gasteiger partial charge in [-0.2, -0.15) is 10.2 Å². The van der Waals surface area contributed by atoms with Crippen molar-refractivity contribution >= 4 is 5.91 Å². The summed E-state index contributed by atoms with van der Waals surface area (Å²) in [6, 6.07) is 2.02. The number of carbonyl (C=O) groups is 1. The fourth-order valence-corrected chi connectivity index (χ4v) is 3.17. The van der Waals surface area contributed by atoms with Crippen molar-refractivity contribution in [2.75, 3.05) is 13.1 Å². The molecule has 7 heteroatoms. The van der Waals surface area contributed by atoms with Crippen molar-refractivity contribution < 1.29 is 4.79 Å². The van der Waals surface area contributed by atoms with Gasteiger partial charge in [0.25, 0.3) is 0 Å². The third kappa shape index (κ3) is 2.75. The Bertz CT molecular complexity index is 647. The van der Waals surface area contributed by atoms with Gasteiger partial charge in [0, 0.05) is 18.8 Å². The van der Waals surface area contributed by atoms with Gasteiger partial charge in [0.1, 0.15) is 18.7 Å². The summed E-state index contributed by atoms with van der Waals surface area (Å²) in [7, 11) is 0. The number of aryl methyl sites for hydroxylation is 2. The first-order valence-corrected chi connectivity index (χ1v) is 7.72. The van der Waals surface area contributed by atoms with E-state index in [9.17, 15) is 4.79 Å². The fourth-order valence-electron chi connectivity index (χ4n) is 3.17. The van der Waals surface area contributed by atoms with Crippen LogP contribution in [0.25, 0.3) is 0 Å². The molecule has 0 aliphatic carbocycles. The van der Waals surface area contributed by atoms with E-state index in [0.717, 1.165) is 30.8 Å². The maximum atomic E-state index is 12.7. The smallest absolute Gasteiger partial charge is 0.247 e. The number of amides is 1. The molecule has 0 bridgehead atoms. The van der Waals surface area contributed by atoms with E-state index in [-0.39, 0.29) is 18.0 Å². The first kappa shape index (κ1) is 14.7. The lowest BCUT2D eigenvalue weighted by molar-refractivity contribution is -0.136. The fraction of sp³-hybridized carbons (Fsp3) is 0.600. The van der Waals surface area contributed by atoms with E-state index in [4.69, 9.17) is 0 Å². The van der Waals surface area contributed by atoms with Gasteiger partial charge < -0.3 is 4.90 Å². The zero-order chi connectivity index (χ0) is 15.7. The monoisotopic (exact) mass is 302 g/mol. The lowest BCUT2D eigenvalue weighted by Crippen LogP contribution is -2.44. The molecule has 0 saturated carbocycles. The first-order chi connectivity index (χ1) is 10.6. The lowest BCUT2D eigenvalue weighted by Gasteiger charge is -2.34. The molecule has 0 unspecified atom stereocenters. The zero-order valence-corrected chi connectivity index (χ0v) is 13.3. The highest BCUT2D eigenvalue weighted by atomic mass is 16.2. The number of hydrogen-bond acceptors (Lipinski definition) is 4. The van der Waals surface area contributed by atoms with Crippen molar-refractivity contribution in [1.82, 2.24) is 29.4 Å². The molecule has 0 spiro atoms. The summed E-state index contributed by atoms with van der Waals surface area (Å²) < 4.78 is 3.67. The van der Waals surface area contributed by atoms with Gasteiger partial charge in [0.2, 0.25) is 5.91 Å². The van der Waals surface area contributed by atoms with Crippen molar-refractivity contribution in [3.05, 3.63) is 30.1 Å². The maximum absolute atomic E-state index is 12.7. The van der Waals surface area contributed by atoms with E-state index in [2.05, 4.69) is 32.9 Å². The highest BCUT2D eigenvalue weighted by molar-refractivity contribution is 5.80. The number of rotatable bonds is 3. The molecule has 1 aliphatic rings. The minimum Gasteiger partial charge on any atom is -0.339 e. The molecule has 7 nitrogen and oxygen atoms in total. The second-order valence-electron chi connectivity index (χ2n) is 6.00. The standard InChI is InChI=1S/C15H22N6O/c1-11-7-12(2)21(18-11)14-5-4-6-19(8-14)15(22)13(3)20-10-16-9-17-20/h7,9-10,13-14H,4-6,8H2,1-3H3/t13-,14+/m1/s1. The molecule has 2 aromatic heterocycles. The third-order valence-corrected chi connectivity index (χ3v) is 4.29. The van der Waals surface area contributed by atoms with Crippen LogP contribution in [0.5, 0.6) is 0 Å². The quantitative estimate of drug-likeness (QED) is 0.862. The lowest BCUT2D eigenvalue weighted by atomic mass is 10.0. The summed E-state index contributed by atoms with van der Waals surface area (Å²) >= 11 is 0. The van der Waals surface area contributed by atoms with Crippen molar-refractivity contribution in [2.45, 2.75) is 45.7 Å². The summed E-state index contributed by atoms with van der Waals surface area (Å²) in [4.78, 5) is 18.5. The van der Waals surface area contributed by atoms with E-state index in [0.29, 0.717) is 6.54 Å². The summed E-state index contributed by atoms with van der Waals surface area (Å²) in [6.45, 7) is 7.44. The largest absolute Gasteiger partial charge is 0.339 e. The van der Waals surface area contributed by atoms with E-state index < -0.39 is 0 Å². The van der Waals surface area contributed by atoms with Gasteiger partial charge in [-0.3, -0.25) is 9.48 Å². The number of nitrogens with zero attached hydrogens (tertiary/aromatic N) is 6. The van der Waals surface area contributed by atoms with Gasteiger partial charge in [-0.15, -0.1) is 0 Å². The van der Waals surface area contributed by atoms with Gasteiger partial charge >= 0.3 is 0 Å². The Hall–Kier alpha value is -2.18. The highest BCUT2D eigenvalue weighted by Gasteiger charge is 2.29. The summed E-state index contributed by atoms with van der Waals surface area (Å²) in [5.41, 5.74) is 2.18. The Morgan fingerprint density at radius 1 is 1.41 bits per heavy atom. The predicted molar refractivity (Wildman–Crippen MR) is 81.3 cm³/mol. The van der Waals surface area contributed by atoms with Gasteiger partial charge in [0.15, 0.2) is 0 Å². The second-order valence-corrected chi connectivity index (χ2v) is 6.00. The van der Waals surface area contributed by atoms with Crippen LogP contribution in [-0.4, -0.2) is 48.4 Å². The Balaban J connectivity index is 1.73. The summed E-state index contributed by atoms with van der Waals surface area (Å²) in [5, 5.41) is 8.64. The average molecular weight is 302 g/mol. The number of hydrogen-bond donors (Lipinski definition) is 0. The second kappa shape index (κ2) is 5.90. The molecule has 2 aromatic rings. The summed E-state index contributed by atoms with van der Waals surface area (Å²) in [6.07, 6.45) is 5.10. The van der Waals surface area contributed by atoms with Crippen LogP contribution in [0.2, 0.25) is 0 Å². The van der Waals surface area contributed by atoms with Crippen LogP contribution in [0, 0.1) is 13.8 Å². The van der Waals surface area contributed by atoms with Crippen molar-refractivity contribution in [2.24, 2.45) is 0 Å². The molecule has 118 valence electrons.